The lowest BCUT2D eigenvalue weighted by molar-refractivity contribution is -0.141. The number of rotatable bonds is 13. The number of ether oxygens (including phenoxy) is 1. The number of hydrogen-bond donors (Lipinski definition) is 1. The van der Waals surface area contributed by atoms with Crippen LogP contribution in [0.5, 0.6) is 5.75 Å². The van der Waals surface area contributed by atoms with E-state index in [1.165, 1.54) is 6.07 Å². The Labute approximate surface area is 235 Å². The second kappa shape index (κ2) is 14.4. The first-order valence-corrected chi connectivity index (χ1v) is 15.5. The van der Waals surface area contributed by atoms with E-state index in [0.717, 1.165) is 60.4 Å². The lowest BCUT2D eigenvalue weighted by Gasteiger charge is -2.33. The molecule has 0 saturated heterocycles. The quantitative estimate of drug-likeness (QED) is 0.369. The van der Waals surface area contributed by atoms with Crippen molar-refractivity contribution in [3.8, 4) is 5.75 Å². The molecule has 220 valence electrons. The molecule has 0 aromatic heterocycles. The molecule has 40 heavy (non-hydrogen) atoms. The summed E-state index contributed by atoms with van der Waals surface area (Å²) in [6, 6.07) is 9.48. The van der Waals surface area contributed by atoms with E-state index < -0.39 is 27.7 Å². The molecule has 3 rings (SSSR count). The summed E-state index contributed by atoms with van der Waals surface area (Å²) in [4.78, 5) is 28.5. The van der Waals surface area contributed by atoms with E-state index in [2.05, 4.69) is 5.32 Å². The minimum Gasteiger partial charge on any atom is -0.497 e. The van der Waals surface area contributed by atoms with Crippen molar-refractivity contribution >= 4 is 27.5 Å². The number of amides is 2. The number of sulfonamides is 1. The van der Waals surface area contributed by atoms with Crippen molar-refractivity contribution in [2.75, 3.05) is 24.2 Å². The van der Waals surface area contributed by atoms with Gasteiger partial charge in [-0.05, 0) is 55.5 Å². The Morgan fingerprint density at radius 1 is 1.05 bits per heavy atom. The van der Waals surface area contributed by atoms with Crippen LogP contribution in [0.3, 0.4) is 0 Å². The zero-order valence-electron chi connectivity index (χ0n) is 23.4. The van der Waals surface area contributed by atoms with Gasteiger partial charge in [-0.2, -0.15) is 0 Å². The van der Waals surface area contributed by atoms with E-state index in [4.69, 9.17) is 4.74 Å². The van der Waals surface area contributed by atoms with Crippen LogP contribution in [0.4, 0.5) is 14.5 Å². The molecule has 0 aliphatic heterocycles. The summed E-state index contributed by atoms with van der Waals surface area (Å²) in [6.07, 6.45) is 6.56. The number of nitrogens with zero attached hydrogens (tertiary/aromatic N) is 2. The van der Waals surface area contributed by atoms with Gasteiger partial charge in [0.05, 0.1) is 19.1 Å². The molecule has 1 aliphatic rings. The van der Waals surface area contributed by atoms with Crippen molar-refractivity contribution in [3.63, 3.8) is 0 Å². The molecule has 0 bridgehead atoms. The van der Waals surface area contributed by atoms with Gasteiger partial charge in [-0.25, -0.2) is 17.2 Å². The van der Waals surface area contributed by atoms with E-state index in [0.29, 0.717) is 12.2 Å². The average molecular weight is 580 g/mol. The summed E-state index contributed by atoms with van der Waals surface area (Å²) in [7, 11) is -2.27. The number of methoxy groups -OCH3 is 1. The highest BCUT2D eigenvalue weighted by Crippen LogP contribution is 2.23. The van der Waals surface area contributed by atoms with Crippen LogP contribution in [0, 0.1) is 11.6 Å². The van der Waals surface area contributed by atoms with Crippen molar-refractivity contribution in [3.05, 3.63) is 59.7 Å². The highest BCUT2D eigenvalue weighted by molar-refractivity contribution is 7.92. The fourth-order valence-electron chi connectivity index (χ4n) is 5.04. The van der Waals surface area contributed by atoms with Crippen LogP contribution in [0.15, 0.2) is 42.5 Å². The normalized spacial score (nSPS) is 14.8. The van der Waals surface area contributed by atoms with E-state index in [1.807, 2.05) is 19.1 Å². The maximum Gasteiger partial charge on any atom is 0.243 e. The summed E-state index contributed by atoms with van der Waals surface area (Å²) in [5.74, 6) is -2.08. The fourth-order valence-corrected chi connectivity index (χ4v) is 5.99. The molecule has 1 unspecified atom stereocenters. The number of benzene rings is 2. The zero-order chi connectivity index (χ0) is 29.3. The maximum absolute atomic E-state index is 13.8. The fraction of sp³-hybridized carbons (Fsp3) is 0.517. The predicted molar refractivity (Wildman–Crippen MR) is 150 cm³/mol. The number of carbonyl (C=O) groups excluding carboxylic acids is 2. The number of halogens is 2. The molecule has 1 fully saturated rings. The van der Waals surface area contributed by atoms with Gasteiger partial charge >= 0.3 is 0 Å². The van der Waals surface area contributed by atoms with Gasteiger partial charge in [-0.1, -0.05) is 38.3 Å². The lowest BCUT2D eigenvalue weighted by Crippen LogP contribution is -2.51. The van der Waals surface area contributed by atoms with Crippen molar-refractivity contribution in [1.29, 1.82) is 0 Å². The van der Waals surface area contributed by atoms with E-state index in [-0.39, 0.29) is 49.5 Å². The molecule has 2 amide bonds. The standard InChI is InChI=1S/C29H39F2N3O5S/c1-4-27(29(36)32-22-9-6-5-7-10-22)33(20-21-12-15-24(39-2)16-13-21)28(35)11-8-18-34(40(3,37)38)23-14-17-25(30)26(31)19-23/h12-17,19,22,27H,4-11,18,20H2,1-3H3,(H,32,36). The molecular formula is C29H39F2N3O5S. The van der Waals surface area contributed by atoms with Gasteiger partial charge in [0.15, 0.2) is 11.6 Å². The Morgan fingerprint density at radius 3 is 2.30 bits per heavy atom. The number of hydrogen-bond acceptors (Lipinski definition) is 5. The molecule has 1 saturated carbocycles. The van der Waals surface area contributed by atoms with Crippen LogP contribution in [0.2, 0.25) is 0 Å². The highest BCUT2D eigenvalue weighted by Gasteiger charge is 2.30. The topological polar surface area (TPSA) is 96.0 Å². The molecule has 1 atom stereocenters. The lowest BCUT2D eigenvalue weighted by atomic mass is 9.95. The van der Waals surface area contributed by atoms with E-state index in [1.54, 1.807) is 24.1 Å². The van der Waals surface area contributed by atoms with Gasteiger partial charge in [0.25, 0.3) is 0 Å². The molecule has 0 radical (unpaired) electrons. The molecule has 1 N–H and O–H groups in total. The third-order valence-corrected chi connectivity index (χ3v) is 8.39. The minimum absolute atomic E-state index is 0.0257. The highest BCUT2D eigenvalue weighted by atomic mass is 32.2. The van der Waals surface area contributed by atoms with Crippen LogP contribution in [0.1, 0.15) is 63.9 Å². The largest absolute Gasteiger partial charge is 0.497 e. The average Bonchev–Trinajstić information content (AvgIpc) is 2.92. The van der Waals surface area contributed by atoms with Crippen molar-refractivity contribution in [2.45, 2.75) is 76.9 Å². The third kappa shape index (κ3) is 8.64. The smallest absolute Gasteiger partial charge is 0.243 e. The molecule has 11 heteroatoms. The first-order valence-electron chi connectivity index (χ1n) is 13.7. The monoisotopic (exact) mass is 579 g/mol. The Morgan fingerprint density at radius 2 is 1.73 bits per heavy atom. The van der Waals surface area contributed by atoms with Gasteiger partial charge in [-0.3, -0.25) is 13.9 Å². The number of anilines is 1. The second-order valence-electron chi connectivity index (χ2n) is 10.2. The van der Waals surface area contributed by atoms with E-state index in [9.17, 15) is 26.8 Å². The van der Waals surface area contributed by atoms with Gasteiger partial charge in [0.1, 0.15) is 11.8 Å². The number of carbonyl (C=O) groups is 2. The van der Waals surface area contributed by atoms with Crippen molar-refractivity contribution in [2.24, 2.45) is 0 Å². The molecule has 8 nitrogen and oxygen atoms in total. The Kier molecular flexibility index (Phi) is 11.3. The van der Waals surface area contributed by atoms with Gasteiger partial charge in [0, 0.05) is 31.6 Å². The summed E-state index contributed by atoms with van der Waals surface area (Å²) in [6.45, 7) is 1.93. The molecule has 2 aromatic rings. The van der Waals surface area contributed by atoms with Crippen LogP contribution in [-0.2, 0) is 26.2 Å². The third-order valence-electron chi connectivity index (χ3n) is 7.19. The zero-order valence-corrected chi connectivity index (χ0v) is 24.2. The SMILES string of the molecule is CCC(C(=O)NC1CCCCC1)N(Cc1ccc(OC)cc1)C(=O)CCCN(c1ccc(F)c(F)c1)S(C)(=O)=O. The van der Waals surface area contributed by atoms with E-state index >= 15 is 0 Å². The van der Waals surface area contributed by atoms with Crippen LogP contribution < -0.4 is 14.4 Å². The molecule has 0 spiro atoms. The van der Waals surface area contributed by atoms with Gasteiger partial charge in [-0.15, -0.1) is 0 Å². The Bertz CT molecular complexity index is 1250. The first-order chi connectivity index (χ1) is 19.0. The first kappa shape index (κ1) is 31.3. The van der Waals surface area contributed by atoms with Gasteiger partial charge < -0.3 is 15.0 Å². The van der Waals surface area contributed by atoms with Crippen molar-refractivity contribution < 1.29 is 31.5 Å². The molecule has 1 aliphatic carbocycles. The summed E-state index contributed by atoms with van der Waals surface area (Å²) in [5.41, 5.74) is 0.792. The summed E-state index contributed by atoms with van der Waals surface area (Å²) >= 11 is 0. The maximum atomic E-state index is 13.8. The van der Waals surface area contributed by atoms with Crippen LogP contribution in [0.25, 0.3) is 0 Å². The Hall–Kier alpha value is -3.21. The second-order valence-corrected chi connectivity index (χ2v) is 12.1. The molecule has 2 aromatic carbocycles. The summed E-state index contributed by atoms with van der Waals surface area (Å²) < 4.78 is 58.2. The molecule has 0 heterocycles. The van der Waals surface area contributed by atoms with Gasteiger partial charge in [0.2, 0.25) is 21.8 Å². The summed E-state index contributed by atoms with van der Waals surface area (Å²) in [5, 5.41) is 3.13. The number of nitrogens with one attached hydrogen (secondary N) is 1. The predicted octanol–water partition coefficient (Wildman–Crippen LogP) is 4.78. The molecular weight excluding hydrogens is 540 g/mol. The Balaban J connectivity index is 1.77. The van der Waals surface area contributed by atoms with Crippen molar-refractivity contribution in [1.82, 2.24) is 10.2 Å². The van der Waals surface area contributed by atoms with Crippen LogP contribution >= 0.6 is 0 Å². The minimum atomic E-state index is -3.83. The van der Waals surface area contributed by atoms with Crippen LogP contribution in [-0.4, -0.2) is 57.1 Å².